The van der Waals surface area contributed by atoms with Crippen LogP contribution in [-0.2, 0) is 15.8 Å². The predicted molar refractivity (Wildman–Crippen MR) is 106 cm³/mol. The van der Waals surface area contributed by atoms with E-state index in [2.05, 4.69) is 5.32 Å². The van der Waals surface area contributed by atoms with Crippen molar-refractivity contribution in [2.75, 3.05) is 11.9 Å². The molecule has 0 radical (unpaired) electrons. The van der Waals surface area contributed by atoms with Crippen LogP contribution in [0.5, 0.6) is 0 Å². The van der Waals surface area contributed by atoms with E-state index in [9.17, 15) is 22.8 Å². The number of hydrogen-bond acceptors (Lipinski definition) is 3. The SMILES string of the molecule is O=C1Nc2cc(C(F)(F)F)ccc2SC1CC(=O)N1CCCC1C1CCCCC1. The third-order valence-electron chi connectivity index (χ3n) is 6.30. The zero-order valence-corrected chi connectivity index (χ0v) is 17.0. The molecule has 4 rings (SSSR count). The second-order valence-electron chi connectivity index (χ2n) is 8.20. The molecule has 2 heterocycles. The zero-order chi connectivity index (χ0) is 20.6. The molecule has 0 spiro atoms. The minimum Gasteiger partial charge on any atom is -0.339 e. The highest BCUT2D eigenvalue weighted by molar-refractivity contribution is 8.01. The molecule has 0 bridgehead atoms. The van der Waals surface area contributed by atoms with E-state index >= 15 is 0 Å². The van der Waals surface area contributed by atoms with Crippen molar-refractivity contribution in [2.45, 2.75) is 73.7 Å². The molecule has 8 heteroatoms. The molecule has 2 aliphatic heterocycles. The number of carbonyl (C=O) groups excluding carboxylic acids is 2. The normalized spacial score (nSPS) is 25.6. The lowest BCUT2D eigenvalue weighted by Gasteiger charge is -2.35. The molecular weight excluding hydrogens is 401 g/mol. The summed E-state index contributed by atoms with van der Waals surface area (Å²) >= 11 is 1.18. The molecule has 1 aromatic rings. The lowest BCUT2D eigenvalue weighted by Crippen LogP contribution is -2.43. The zero-order valence-electron chi connectivity index (χ0n) is 16.1. The molecule has 1 N–H and O–H groups in total. The Morgan fingerprint density at radius 3 is 2.62 bits per heavy atom. The second-order valence-corrected chi connectivity index (χ2v) is 9.45. The Kier molecular flexibility index (Phi) is 5.82. The van der Waals surface area contributed by atoms with E-state index in [-0.39, 0.29) is 24.1 Å². The molecule has 0 aromatic heterocycles. The number of thioether (sulfide) groups is 1. The van der Waals surface area contributed by atoms with Crippen molar-refractivity contribution in [2.24, 2.45) is 5.92 Å². The van der Waals surface area contributed by atoms with Gasteiger partial charge >= 0.3 is 6.18 Å². The van der Waals surface area contributed by atoms with Gasteiger partial charge in [-0.15, -0.1) is 11.8 Å². The van der Waals surface area contributed by atoms with E-state index in [1.165, 1.54) is 49.9 Å². The van der Waals surface area contributed by atoms with Gasteiger partial charge in [0.1, 0.15) is 0 Å². The summed E-state index contributed by atoms with van der Waals surface area (Å²) in [4.78, 5) is 28.0. The summed E-state index contributed by atoms with van der Waals surface area (Å²) in [5.74, 6) is 0.147. The number of fused-ring (bicyclic) bond motifs is 1. The molecule has 1 aromatic carbocycles. The van der Waals surface area contributed by atoms with Gasteiger partial charge in [0.2, 0.25) is 11.8 Å². The van der Waals surface area contributed by atoms with Crippen LogP contribution in [0.3, 0.4) is 0 Å². The second kappa shape index (κ2) is 8.20. The average Bonchev–Trinajstić information content (AvgIpc) is 3.18. The van der Waals surface area contributed by atoms with Crippen molar-refractivity contribution < 1.29 is 22.8 Å². The van der Waals surface area contributed by atoms with Crippen LogP contribution in [0.25, 0.3) is 0 Å². The smallest absolute Gasteiger partial charge is 0.339 e. The molecule has 29 heavy (non-hydrogen) atoms. The lowest BCUT2D eigenvalue weighted by atomic mass is 9.83. The lowest BCUT2D eigenvalue weighted by molar-refractivity contribution is -0.137. The molecule has 2 amide bonds. The number of amides is 2. The fraction of sp³-hybridized carbons (Fsp3) is 0.619. The van der Waals surface area contributed by atoms with E-state index in [0.717, 1.165) is 31.5 Å². The minimum atomic E-state index is -4.46. The van der Waals surface area contributed by atoms with Gasteiger partial charge in [0.05, 0.1) is 16.5 Å². The van der Waals surface area contributed by atoms with Crippen LogP contribution in [-0.4, -0.2) is 34.6 Å². The Hall–Kier alpha value is -1.70. The maximum Gasteiger partial charge on any atom is 0.416 e. The third kappa shape index (κ3) is 4.42. The van der Waals surface area contributed by atoms with Gasteiger partial charge in [0, 0.05) is 23.9 Å². The summed E-state index contributed by atoms with van der Waals surface area (Å²) in [5.41, 5.74) is -0.626. The standard InChI is InChI=1S/C21H25F3N2O2S/c22-21(23,24)14-8-9-17-15(11-14)25-20(28)18(29-17)12-19(27)26-10-4-7-16(26)13-5-2-1-3-6-13/h8-9,11,13,16,18H,1-7,10,12H2,(H,25,28). The summed E-state index contributed by atoms with van der Waals surface area (Å²) in [7, 11) is 0. The van der Waals surface area contributed by atoms with E-state index in [1.54, 1.807) is 0 Å². The number of nitrogens with zero attached hydrogens (tertiary/aromatic N) is 1. The van der Waals surface area contributed by atoms with Crippen molar-refractivity contribution in [3.63, 3.8) is 0 Å². The molecule has 3 aliphatic rings. The number of halogens is 3. The monoisotopic (exact) mass is 426 g/mol. The number of rotatable bonds is 3. The molecule has 4 nitrogen and oxygen atoms in total. The first-order chi connectivity index (χ1) is 13.8. The van der Waals surface area contributed by atoms with Gasteiger partial charge in [-0.05, 0) is 49.8 Å². The van der Waals surface area contributed by atoms with Gasteiger partial charge in [0.15, 0.2) is 0 Å². The molecule has 1 saturated carbocycles. The van der Waals surface area contributed by atoms with Crippen molar-refractivity contribution in [1.29, 1.82) is 0 Å². The van der Waals surface area contributed by atoms with Crippen LogP contribution in [0, 0.1) is 5.92 Å². The molecule has 1 saturated heterocycles. The van der Waals surface area contributed by atoms with Crippen LogP contribution in [0.1, 0.15) is 56.9 Å². The van der Waals surface area contributed by atoms with Crippen molar-refractivity contribution in [3.8, 4) is 0 Å². The molecule has 158 valence electrons. The summed E-state index contributed by atoms with van der Waals surface area (Å²) < 4.78 is 38.7. The molecule has 2 atom stereocenters. The van der Waals surface area contributed by atoms with E-state index in [1.807, 2.05) is 4.90 Å². The van der Waals surface area contributed by atoms with E-state index in [0.29, 0.717) is 10.8 Å². The number of nitrogens with one attached hydrogen (secondary N) is 1. The third-order valence-corrected chi connectivity index (χ3v) is 7.58. The van der Waals surface area contributed by atoms with Gasteiger partial charge in [-0.2, -0.15) is 13.2 Å². The first kappa shape index (κ1) is 20.6. The predicted octanol–water partition coefficient (Wildman–Crippen LogP) is 5.08. The number of hydrogen-bond donors (Lipinski definition) is 1. The van der Waals surface area contributed by atoms with Crippen molar-refractivity contribution >= 4 is 29.3 Å². The fourth-order valence-corrected chi connectivity index (χ4v) is 5.93. The number of likely N-dealkylation sites (tertiary alicyclic amines) is 1. The number of alkyl halides is 3. The maximum atomic E-state index is 13.0. The van der Waals surface area contributed by atoms with Gasteiger partial charge < -0.3 is 10.2 Å². The Morgan fingerprint density at radius 2 is 1.90 bits per heavy atom. The molecule has 2 fully saturated rings. The van der Waals surface area contributed by atoms with Crippen molar-refractivity contribution in [1.82, 2.24) is 4.90 Å². The highest BCUT2D eigenvalue weighted by Gasteiger charge is 2.38. The van der Waals surface area contributed by atoms with E-state index in [4.69, 9.17) is 0 Å². The Bertz CT molecular complexity index is 793. The minimum absolute atomic E-state index is 0.0129. The van der Waals surface area contributed by atoms with Gasteiger partial charge in [0.25, 0.3) is 0 Å². The summed E-state index contributed by atoms with van der Waals surface area (Å²) in [6.07, 6.45) is 3.71. The van der Waals surface area contributed by atoms with Gasteiger partial charge in [-0.3, -0.25) is 9.59 Å². The van der Waals surface area contributed by atoms with Crippen molar-refractivity contribution in [3.05, 3.63) is 23.8 Å². The highest BCUT2D eigenvalue weighted by atomic mass is 32.2. The first-order valence-corrected chi connectivity index (χ1v) is 11.2. The Balaban J connectivity index is 1.43. The van der Waals surface area contributed by atoms with Gasteiger partial charge in [-0.1, -0.05) is 19.3 Å². The van der Waals surface area contributed by atoms with Gasteiger partial charge in [-0.25, -0.2) is 0 Å². The first-order valence-electron chi connectivity index (χ1n) is 10.3. The van der Waals surface area contributed by atoms with E-state index < -0.39 is 22.9 Å². The largest absolute Gasteiger partial charge is 0.416 e. The summed E-state index contributed by atoms with van der Waals surface area (Å²) in [6.45, 7) is 0.741. The maximum absolute atomic E-state index is 13.0. The van der Waals surface area contributed by atoms with Crippen LogP contribution in [0.15, 0.2) is 23.1 Å². The van der Waals surface area contributed by atoms with Crippen LogP contribution < -0.4 is 5.32 Å². The van der Waals surface area contributed by atoms with Crippen LogP contribution in [0.4, 0.5) is 18.9 Å². The number of benzene rings is 1. The number of anilines is 1. The summed E-state index contributed by atoms with van der Waals surface area (Å²) in [5, 5.41) is 1.95. The molecule has 2 unspecified atom stereocenters. The average molecular weight is 427 g/mol. The Morgan fingerprint density at radius 1 is 1.14 bits per heavy atom. The fourth-order valence-electron chi connectivity index (χ4n) is 4.85. The molecule has 1 aliphatic carbocycles. The molecular formula is C21H25F3N2O2S. The van der Waals surface area contributed by atoms with Crippen LogP contribution in [0.2, 0.25) is 0 Å². The summed E-state index contributed by atoms with van der Waals surface area (Å²) in [6, 6.07) is 3.63. The number of carbonyl (C=O) groups is 2. The topological polar surface area (TPSA) is 49.4 Å². The Labute approximate surface area is 172 Å². The highest BCUT2D eigenvalue weighted by Crippen LogP contribution is 2.41. The quantitative estimate of drug-likeness (QED) is 0.733. The van der Waals surface area contributed by atoms with Crippen LogP contribution >= 0.6 is 11.8 Å².